The van der Waals surface area contributed by atoms with Crippen LogP contribution in [-0.4, -0.2) is 42.3 Å². The van der Waals surface area contributed by atoms with E-state index in [-0.39, 0.29) is 5.97 Å². The van der Waals surface area contributed by atoms with Gasteiger partial charge in [-0.15, -0.1) is 0 Å². The molecule has 2 aromatic carbocycles. The Morgan fingerprint density at radius 3 is 2.78 bits per heavy atom. The Morgan fingerprint density at radius 2 is 2.06 bits per heavy atom. The van der Waals surface area contributed by atoms with Gasteiger partial charge >= 0.3 is 5.97 Å². The molecule has 0 saturated heterocycles. The highest BCUT2D eigenvalue weighted by Crippen LogP contribution is 2.19. The number of nitrogens with zero attached hydrogens (tertiary/aromatic N) is 3. The van der Waals surface area contributed by atoms with Crippen molar-refractivity contribution in [1.29, 1.82) is 0 Å². The molecule has 3 aromatic rings. The third-order valence-electron chi connectivity index (χ3n) is 5.29. The van der Waals surface area contributed by atoms with E-state index < -0.39 is 0 Å². The van der Waals surface area contributed by atoms with Crippen molar-refractivity contribution in [1.82, 2.24) is 9.88 Å². The summed E-state index contributed by atoms with van der Waals surface area (Å²) in [6, 6.07) is 16.3. The predicted octanol–water partition coefficient (Wildman–Crippen LogP) is 2.95. The number of hydrogen-bond donors (Lipinski definition) is 2. The lowest BCUT2D eigenvalue weighted by molar-refractivity contribution is 0.0525. The number of ether oxygens (including phenoxy) is 1. The van der Waals surface area contributed by atoms with Gasteiger partial charge in [0.15, 0.2) is 0 Å². The SMILES string of the molecule is CCOC(=O)c1cn(Cc2cccc(/C=N\N)c2)cc1Cc1ccc(C2=NCCN2)cc1. The number of hydrazone groups is 1. The van der Waals surface area contributed by atoms with Crippen LogP contribution in [0.25, 0.3) is 0 Å². The van der Waals surface area contributed by atoms with Crippen LogP contribution in [0.2, 0.25) is 0 Å². The molecule has 0 amide bonds. The van der Waals surface area contributed by atoms with E-state index in [1.54, 1.807) is 6.21 Å². The molecular formula is C25H27N5O2. The summed E-state index contributed by atoms with van der Waals surface area (Å²) in [7, 11) is 0. The molecule has 0 radical (unpaired) electrons. The van der Waals surface area contributed by atoms with Gasteiger partial charge in [0.2, 0.25) is 0 Å². The maximum absolute atomic E-state index is 12.6. The average molecular weight is 430 g/mol. The first-order valence-electron chi connectivity index (χ1n) is 10.7. The summed E-state index contributed by atoms with van der Waals surface area (Å²) in [6.07, 6.45) is 6.14. The first-order chi connectivity index (χ1) is 15.7. The van der Waals surface area contributed by atoms with Crippen molar-refractivity contribution >= 4 is 18.0 Å². The summed E-state index contributed by atoms with van der Waals surface area (Å²) >= 11 is 0. The zero-order valence-electron chi connectivity index (χ0n) is 18.1. The number of benzene rings is 2. The highest BCUT2D eigenvalue weighted by molar-refractivity contribution is 5.99. The minimum Gasteiger partial charge on any atom is -0.462 e. The largest absolute Gasteiger partial charge is 0.462 e. The topological polar surface area (TPSA) is 94.0 Å². The molecule has 1 aliphatic rings. The fourth-order valence-electron chi connectivity index (χ4n) is 3.84. The van der Waals surface area contributed by atoms with Crippen LogP contribution in [0.5, 0.6) is 0 Å². The van der Waals surface area contributed by atoms with Crippen LogP contribution in [0.4, 0.5) is 0 Å². The Bertz CT molecular complexity index is 1150. The van der Waals surface area contributed by atoms with Crippen LogP contribution in [0, 0.1) is 0 Å². The van der Waals surface area contributed by atoms with Crippen LogP contribution in [-0.2, 0) is 17.7 Å². The number of rotatable bonds is 8. The van der Waals surface area contributed by atoms with Crippen molar-refractivity contribution < 1.29 is 9.53 Å². The number of carbonyl (C=O) groups is 1. The smallest absolute Gasteiger partial charge is 0.339 e. The van der Waals surface area contributed by atoms with Crippen LogP contribution in [0.3, 0.4) is 0 Å². The molecule has 0 unspecified atom stereocenters. The fourth-order valence-corrected chi connectivity index (χ4v) is 3.84. The number of amidine groups is 1. The molecule has 2 heterocycles. The zero-order chi connectivity index (χ0) is 22.3. The fraction of sp³-hybridized carbons (Fsp3) is 0.240. The summed E-state index contributed by atoms with van der Waals surface area (Å²) in [6.45, 7) is 4.49. The quantitative estimate of drug-likeness (QED) is 0.249. The molecule has 0 aliphatic carbocycles. The van der Waals surface area contributed by atoms with E-state index in [9.17, 15) is 4.79 Å². The second-order valence-corrected chi connectivity index (χ2v) is 7.64. The lowest BCUT2D eigenvalue weighted by Gasteiger charge is -2.06. The maximum atomic E-state index is 12.6. The number of hydrogen-bond acceptors (Lipinski definition) is 6. The van der Waals surface area contributed by atoms with Crippen molar-refractivity contribution in [2.45, 2.75) is 19.9 Å². The molecule has 0 atom stereocenters. The van der Waals surface area contributed by atoms with E-state index in [1.807, 2.05) is 48.1 Å². The van der Waals surface area contributed by atoms with Crippen LogP contribution >= 0.6 is 0 Å². The standard InChI is InChI=1S/C25H27N5O2/c1-2-32-25(31)23-17-30(15-20-5-3-4-19(12-20)14-29-26)16-22(23)13-18-6-8-21(9-7-18)24-27-10-11-28-24/h3-9,12,14,16-17H,2,10-11,13,15,26H2,1H3,(H,27,28)/b29-14-. The Labute approximate surface area is 187 Å². The molecule has 0 spiro atoms. The third kappa shape index (κ3) is 5.06. The molecule has 7 nitrogen and oxygen atoms in total. The number of aromatic nitrogens is 1. The van der Waals surface area contributed by atoms with E-state index in [0.29, 0.717) is 25.1 Å². The molecule has 0 bridgehead atoms. The summed E-state index contributed by atoms with van der Waals surface area (Å²) < 4.78 is 7.32. The number of aliphatic imine (C=N–C) groups is 1. The van der Waals surface area contributed by atoms with Crippen molar-refractivity contribution in [2.24, 2.45) is 15.9 Å². The Morgan fingerprint density at radius 1 is 1.22 bits per heavy atom. The van der Waals surface area contributed by atoms with Gasteiger partial charge in [0.25, 0.3) is 0 Å². The van der Waals surface area contributed by atoms with Gasteiger partial charge in [0.1, 0.15) is 5.84 Å². The van der Waals surface area contributed by atoms with Gasteiger partial charge in [0.05, 0.1) is 24.9 Å². The molecule has 1 aromatic heterocycles. The molecule has 4 rings (SSSR count). The van der Waals surface area contributed by atoms with E-state index in [4.69, 9.17) is 10.6 Å². The van der Waals surface area contributed by atoms with Crippen molar-refractivity contribution in [3.63, 3.8) is 0 Å². The number of esters is 1. The van der Waals surface area contributed by atoms with Gasteiger partial charge in [-0.2, -0.15) is 5.10 Å². The lowest BCUT2D eigenvalue weighted by Crippen LogP contribution is -2.19. The molecular weight excluding hydrogens is 402 g/mol. The van der Waals surface area contributed by atoms with E-state index in [1.165, 1.54) is 0 Å². The highest BCUT2D eigenvalue weighted by atomic mass is 16.5. The number of carbonyl (C=O) groups excluding carboxylic acids is 1. The van der Waals surface area contributed by atoms with Crippen molar-refractivity contribution in [3.05, 3.63) is 94.3 Å². The molecule has 32 heavy (non-hydrogen) atoms. The van der Waals surface area contributed by atoms with Crippen LogP contribution < -0.4 is 11.2 Å². The van der Waals surface area contributed by atoms with Gasteiger partial charge < -0.3 is 20.5 Å². The normalized spacial score (nSPS) is 13.2. The molecule has 1 aliphatic heterocycles. The summed E-state index contributed by atoms with van der Waals surface area (Å²) in [4.78, 5) is 17.1. The Balaban J connectivity index is 1.57. The molecule has 0 saturated carbocycles. The second-order valence-electron chi connectivity index (χ2n) is 7.64. The van der Waals surface area contributed by atoms with Crippen LogP contribution in [0.15, 0.2) is 71.0 Å². The molecule has 3 N–H and O–H groups in total. The van der Waals surface area contributed by atoms with E-state index in [2.05, 4.69) is 39.7 Å². The van der Waals surface area contributed by atoms with Crippen LogP contribution in [0.1, 0.15) is 45.1 Å². The van der Waals surface area contributed by atoms with Gasteiger partial charge in [0, 0.05) is 31.0 Å². The lowest BCUT2D eigenvalue weighted by atomic mass is 10.0. The zero-order valence-corrected chi connectivity index (χ0v) is 18.1. The van der Waals surface area contributed by atoms with E-state index >= 15 is 0 Å². The van der Waals surface area contributed by atoms with Gasteiger partial charge in [-0.05, 0) is 41.7 Å². The molecule has 164 valence electrons. The summed E-state index contributed by atoms with van der Waals surface area (Å²) in [5, 5.41) is 6.88. The monoisotopic (exact) mass is 429 g/mol. The number of nitrogens with one attached hydrogen (secondary N) is 1. The van der Waals surface area contributed by atoms with Crippen molar-refractivity contribution in [3.8, 4) is 0 Å². The van der Waals surface area contributed by atoms with Gasteiger partial charge in [-0.1, -0.05) is 42.5 Å². The number of nitrogens with two attached hydrogens (primary N) is 1. The second kappa shape index (κ2) is 9.96. The first-order valence-corrected chi connectivity index (χ1v) is 10.7. The minimum absolute atomic E-state index is 0.300. The Hall–Kier alpha value is -3.87. The summed E-state index contributed by atoms with van der Waals surface area (Å²) in [5.41, 5.74) is 5.76. The van der Waals surface area contributed by atoms with Gasteiger partial charge in [-0.3, -0.25) is 4.99 Å². The first kappa shape index (κ1) is 21.4. The minimum atomic E-state index is -0.300. The predicted molar refractivity (Wildman–Crippen MR) is 126 cm³/mol. The van der Waals surface area contributed by atoms with Crippen molar-refractivity contribution in [2.75, 3.05) is 19.7 Å². The molecule has 0 fully saturated rings. The maximum Gasteiger partial charge on any atom is 0.339 e. The third-order valence-corrected chi connectivity index (χ3v) is 5.29. The summed E-state index contributed by atoms with van der Waals surface area (Å²) in [5.74, 6) is 5.91. The highest BCUT2D eigenvalue weighted by Gasteiger charge is 2.17. The average Bonchev–Trinajstić information content (AvgIpc) is 3.46. The Kier molecular flexibility index (Phi) is 6.65. The van der Waals surface area contributed by atoms with Gasteiger partial charge in [-0.25, -0.2) is 4.79 Å². The molecule has 7 heteroatoms. The van der Waals surface area contributed by atoms with E-state index in [0.717, 1.165) is 46.7 Å².